The molecule has 0 spiro atoms. The number of fused-ring (bicyclic) bond motifs is 1. The first-order valence-corrected chi connectivity index (χ1v) is 14.2. The lowest BCUT2D eigenvalue weighted by Gasteiger charge is -2.30. The minimum absolute atomic E-state index is 0.00185. The zero-order valence-corrected chi connectivity index (χ0v) is 25.7. The predicted molar refractivity (Wildman–Crippen MR) is 161 cm³/mol. The Balaban J connectivity index is 1.72. The summed E-state index contributed by atoms with van der Waals surface area (Å²) in [6.45, 7) is 7.88. The van der Waals surface area contributed by atoms with Crippen LogP contribution in [0.2, 0.25) is 0 Å². The molecule has 14 nitrogen and oxygen atoms in total. The summed E-state index contributed by atoms with van der Waals surface area (Å²) < 4.78 is 5.29. The summed E-state index contributed by atoms with van der Waals surface area (Å²) in [7, 11) is 1.40. The van der Waals surface area contributed by atoms with Crippen LogP contribution in [0.4, 0.5) is 4.79 Å². The van der Waals surface area contributed by atoms with Crippen LogP contribution in [-0.2, 0) is 30.3 Å². The molecule has 0 unspecified atom stereocenters. The fraction of sp³-hybridized carbons (Fsp3) is 0.500. The van der Waals surface area contributed by atoms with Crippen molar-refractivity contribution in [3.8, 4) is 0 Å². The van der Waals surface area contributed by atoms with E-state index in [0.29, 0.717) is 5.56 Å². The third-order valence-corrected chi connectivity index (χ3v) is 7.32. The number of carboxylic acids is 1. The second kappa shape index (κ2) is 14.1. The van der Waals surface area contributed by atoms with Crippen molar-refractivity contribution in [2.24, 2.45) is 5.11 Å². The quantitative estimate of drug-likeness (QED) is 0.209. The first-order valence-electron chi connectivity index (χ1n) is 14.2. The first kappa shape index (κ1) is 33.7. The fourth-order valence-electron chi connectivity index (χ4n) is 4.84. The van der Waals surface area contributed by atoms with Gasteiger partial charge in [0, 0.05) is 24.9 Å². The van der Waals surface area contributed by atoms with Crippen LogP contribution < -0.4 is 10.6 Å². The Bertz CT molecular complexity index is 1470. The topological polar surface area (TPSA) is 194 Å². The number of nitrogens with one attached hydrogen (secondary N) is 2. The van der Waals surface area contributed by atoms with E-state index in [1.165, 1.54) is 25.8 Å². The molecule has 1 aliphatic heterocycles. The van der Waals surface area contributed by atoms with Gasteiger partial charge >= 0.3 is 12.1 Å². The number of aliphatic carboxylic acids is 1. The lowest BCUT2D eigenvalue weighted by molar-refractivity contribution is -0.144. The lowest BCUT2D eigenvalue weighted by Crippen LogP contribution is -2.56. The number of amides is 4. The average molecular weight is 610 g/mol. The maximum Gasteiger partial charge on any atom is 0.410 e. The summed E-state index contributed by atoms with van der Waals surface area (Å²) in [5.41, 5.74) is 8.90. The molecular weight excluding hydrogens is 570 g/mol. The number of benzene rings is 2. The maximum atomic E-state index is 13.5. The number of carbonyl (C=O) groups excluding carboxylic acids is 4. The van der Waals surface area contributed by atoms with E-state index < -0.39 is 65.6 Å². The summed E-state index contributed by atoms with van der Waals surface area (Å²) in [5.74, 6) is -3.24. The van der Waals surface area contributed by atoms with Gasteiger partial charge in [-0.1, -0.05) is 47.6 Å². The van der Waals surface area contributed by atoms with Crippen molar-refractivity contribution in [2.75, 3.05) is 13.6 Å². The van der Waals surface area contributed by atoms with Crippen LogP contribution in [0, 0.1) is 0 Å². The van der Waals surface area contributed by atoms with Crippen LogP contribution in [0.15, 0.2) is 47.6 Å². The van der Waals surface area contributed by atoms with Crippen molar-refractivity contribution in [3.63, 3.8) is 0 Å². The third-order valence-electron chi connectivity index (χ3n) is 7.32. The van der Waals surface area contributed by atoms with Crippen LogP contribution in [0.3, 0.4) is 0 Å². The summed E-state index contributed by atoms with van der Waals surface area (Å²) >= 11 is 0. The number of rotatable bonds is 10. The van der Waals surface area contributed by atoms with Gasteiger partial charge in [0.2, 0.25) is 17.7 Å². The van der Waals surface area contributed by atoms with Crippen molar-refractivity contribution < 1.29 is 33.8 Å². The highest BCUT2D eigenvalue weighted by molar-refractivity contribution is 5.95. The van der Waals surface area contributed by atoms with Crippen molar-refractivity contribution in [1.82, 2.24) is 20.4 Å². The van der Waals surface area contributed by atoms with E-state index in [4.69, 9.17) is 10.3 Å². The van der Waals surface area contributed by atoms with Crippen LogP contribution in [0.5, 0.6) is 0 Å². The third kappa shape index (κ3) is 8.60. The Morgan fingerprint density at radius 3 is 2.39 bits per heavy atom. The van der Waals surface area contributed by atoms with Crippen LogP contribution in [0.1, 0.15) is 46.6 Å². The molecule has 14 heteroatoms. The molecule has 0 aliphatic carbocycles. The second-order valence-corrected chi connectivity index (χ2v) is 11.9. The second-order valence-electron chi connectivity index (χ2n) is 11.9. The molecule has 1 saturated heterocycles. The number of hydrogen-bond acceptors (Lipinski definition) is 7. The number of likely N-dealkylation sites (tertiary alicyclic amines) is 1. The van der Waals surface area contributed by atoms with Gasteiger partial charge in [-0.25, -0.2) is 9.59 Å². The molecule has 44 heavy (non-hydrogen) atoms. The maximum absolute atomic E-state index is 13.5. The van der Waals surface area contributed by atoms with E-state index in [-0.39, 0.29) is 19.4 Å². The SMILES string of the molecule is C[C@H](NC(=O)[C@H](C)N(C)C(=O)OC(C)(C)C)C(=O)N1C[C@@H](N=[N+]=[N-])C[C@H]1C(=O)N[C@@H](Cc1ccc2ccccc2c1)C(=O)O. The molecule has 1 fully saturated rings. The smallest absolute Gasteiger partial charge is 0.410 e. The van der Waals surface area contributed by atoms with Gasteiger partial charge in [-0.15, -0.1) is 0 Å². The molecule has 2 aromatic carbocycles. The summed E-state index contributed by atoms with van der Waals surface area (Å²) in [5, 5.41) is 20.6. The molecule has 3 rings (SSSR count). The number of nitrogens with zero attached hydrogens (tertiary/aromatic N) is 5. The van der Waals surface area contributed by atoms with Crippen molar-refractivity contribution in [3.05, 3.63) is 58.5 Å². The van der Waals surface area contributed by atoms with Crippen LogP contribution >= 0.6 is 0 Å². The number of carbonyl (C=O) groups is 5. The van der Waals surface area contributed by atoms with E-state index in [1.54, 1.807) is 26.8 Å². The van der Waals surface area contributed by atoms with Gasteiger partial charge in [0.15, 0.2) is 0 Å². The van der Waals surface area contributed by atoms with Gasteiger partial charge in [0.1, 0.15) is 29.8 Å². The Hall–Kier alpha value is -4.84. The molecular formula is C30H39N7O7. The van der Waals surface area contributed by atoms with Gasteiger partial charge < -0.3 is 25.4 Å². The highest BCUT2D eigenvalue weighted by atomic mass is 16.6. The standard InChI is InChI=1S/C30H39N7O7/c1-17(32-25(38)18(2)36(6)29(43)44-30(3,4)5)27(40)37-16-22(34-35-31)15-24(37)26(39)33-23(28(41)42)14-19-11-12-20-9-7-8-10-21(20)13-19/h7-13,17-18,22-24H,14-16H2,1-6H3,(H,32,38)(H,33,39)(H,41,42)/t17-,18-,22-,23-,24-/m0/s1. The minimum atomic E-state index is -1.29. The number of carboxylic acid groups (broad SMARTS) is 1. The molecule has 5 atom stereocenters. The van der Waals surface area contributed by atoms with E-state index in [1.807, 2.05) is 36.4 Å². The molecule has 0 radical (unpaired) electrons. The number of ether oxygens (including phenoxy) is 1. The van der Waals surface area contributed by atoms with Gasteiger partial charge in [-0.05, 0) is 62.9 Å². The highest BCUT2D eigenvalue weighted by Crippen LogP contribution is 2.23. The Morgan fingerprint density at radius 1 is 1.11 bits per heavy atom. The molecule has 0 bridgehead atoms. The average Bonchev–Trinajstić information content (AvgIpc) is 3.38. The van der Waals surface area contributed by atoms with E-state index in [9.17, 15) is 29.1 Å². The zero-order valence-electron chi connectivity index (χ0n) is 25.7. The Kier molecular flexibility index (Phi) is 10.8. The Labute approximate surface area is 255 Å². The summed E-state index contributed by atoms with van der Waals surface area (Å²) in [6.07, 6.45) is -0.742. The zero-order chi connectivity index (χ0) is 32.8. The number of azide groups is 1. The summed E-state index contributed by atoms with van der Waals surface area (Å²) in [4.78, 5) is 69.4. The fourth-order valence-corrected chi connectivity index (χ4v) is 4.84. The van der Waals surface area contributed by atoms with E-state index >= 15 is 0 Å². The minimum Gasteiger partial charge on any atom is -0.480 e. The molecule has 2 aromatic rings. The number of hydrogen-bond donors (Lipinski definition) is 3. The van der Waals surface area contributed by atoms with E-state index in [2.05, 4.69) is 20.7 Å². The molecule has 3 N–H and O–H groups in total. The van der Waals surface area contributed by atoms with E-state index in [0.717, 1.165) is 15.7 Å². The monoisotopic (exact) mass is 609 g/mol. The van der Waals surface area contributed by atoms with Gasteiger partial charge in [-0.2, -0.15) is 0 Å². The van der Waals surface area contributed by atoms with Crippen LogP contribution in [-0.4, -0.2) is 94.1 Å². The molecule has 1 heterocycles. The predicted octanol–water partition coefficient (Wildman–Crippen LogP) is 2.99. The number of likely N-dealkylation sites (N-methyl/N-ethyl adjacent to an activating group) is 1. The first-order chi connectivity index (χ1) is 20.6. The van der Waals surface area contributed by atoms with Crippen molar-refractivity contribution >= 4 is 40.6 Å². The molecule has 0 saturated carbocycles. The van der Waals surface area contributed by atoms with Gasteiger partial charge in [-0.3, -0.25) is 19.3 Å². The molecule has 0 aromatic heterocycles. The van der Waals surface area contributed by atoms with Gasteiger partial charge in [0.05, 0.1) is 6.04 Å². The Morgan fingerprint density at radius 2 is 1.77 bits per heavy atom. The van der Waals surface area contributed by atoms with Crippen molar-refractivity contribution in [2.45, 2.75) is 83.3 Å². The highest BCUT2D eigenvalue weighted by Gasteiger charge is 2.42. The molecule has 4 amide bonds. The summed E-state index contributed by atoms with van der Waals surface area (Å²) in [6, 6.07) is 7.85. The lowest BCUT2D eigenvalue weighted by atomic mass is 10.0. The van der Waals surface area contributed by atoms with Crippen LogP contribution in [0.25, 0.3) is 21.2 Å². The largest absolute Gasteiger partial charge is 0.480 e. The molecule has 236 valence electrons. The van der Waals surface area contributed by atoms with Crippen molar-refractivity contribution in [1.29, 1.82) is 0 Å². The normalized spacial score (nSPS) is 18.4. The molecule has 1 aliphatic rings. The van der Waals surface area contributed by atoms with Gasteiger partial charge in [0.25, 0.3) is 0 Å².